The molecule has 0 amide bonds. The number of benzene rings is 2. The summed E-state index contributed by atoms with van der Waals surface area (Å²) in [6.07, 6.45) is 1.80. The second-order valence-electron chi connectivity index (χ2n) is 8.12. The first-order valence-corrected chi connectivity index (χ1v) is 11.9. The van der Waals surface area contributed by atoms with E-state index in [0.29, 0.717) is 10.8 Å². The Morgan fingerprint density at radius 1 is 1.00 bits per heavy atom. The van der Waals surface area contributed by atoms with Gasteiger partial charge >= 0.3 is 0 Å². The number of rotatable bonds is 4. The highest BCUT2D eigenvalue weighted by molar-refractivity contribution is 9.10. The highest BCUT2D eigenvalue weighted by Crippen LogP contribution is 2.45. The number of phenols is 1. The molecule has 1 saturated heterocycles. The number of aromatic nitrogens is 2. The standard InChI is InChI=1S/C26H23BrN4OS/c1-16-15-20(17(2)30(16)19-12-10-18(27)11-13-19)25-24(21-7-5-6-14-28-21)29-26(33)31(25)22-8-3-4-9-23(22)32/h3-15,24-25,32H,1-2H3,(H,29,33)/t24-,25+/m0/s1. The lowest BCUT2D eigenvalue weighted by molar-refractivity contribution is 0.472. The molecule has 1 aliphatic heterocycles. The number of pyridine rings is 1. The summed E-state index contributed by atoms with van der Waals surface area (Å²) < 4.78 is 3.29. The fraction of sp³-hybridized carbons (Fsp3) is 0.154. The van der Waals surface area contributed by atoms with E-state index in [-0.39, 0.29) is 17.8 Å². The van der Waals surface area contributed by atoms with Crippen LogP contribution in [0.2, 0.25) is 0 Å². The fourth-order valence-electron chi connectivity index (χ4n) is 4.67. The van der Waals surface area contributed by atoms with Crippen molar-refractivity contribution in [2.75, 3.05) is 4.90 Å². The Morgan fingerprint density at radius 2 is 1.73 bits per heavy atom. The van der Waals surface area contributed by atoms with Crippen LogP contribution in [0.3, 0.4) is 0 Å². The van der Waals surface area contributed by atoms with Crippen LogP contribution in [0, 0.1) is 13.8 Å². The minimum Gasteiger partial charge on any atom is -0.506 e. The van der Waals surface area contributed by atoms with Crippen molar-refractivity contribution in [1.29, 1.82) is 0 Å². The van der Waals surface area contributed by atoms with Gasteiger partial charge in [0, 0.05) is 27.7 Å². The van der Waals surface area contributed by atoms with Crippen molar-refractivity contribution >= 4 is 38.9 Å². The van der Waals surface area contributed by atoms with Gasteiger partial charge in [0.05, 0.1) is 23.5 Å². The number of para-hydroxylation sites is 2. The quantitative estimate of drug-likeness (QED) is 0.318. The van der Waals surface area contributed by atoms with Gasteiger partial charge in [0.15, 0.2) is 5.11 Å². The molecule has 5 rings (SSSR count). The molecule has 1 aliphatic rings. The number of nitrogens with zero attached hydrogens (tertiary/aromatic N) is 3. The minimum absolute atomic E-state index is 0.169. The first kappa shape index (κ1) is 21.7. The predicted molar refractivity (Wildman–Crippen MR) is 139 cm³/mol. The van der Waals surface area contributed by atoms with Crippen LogP contribution in [0.15, 0.2) is 83.5 Å². The number of thiocarbonyl (C=S) groups is 1. The Hall–Kier alpha value is -3.16. The first-order valence-electron chi connectivity index (χ1n) is 10.7. The third-order valence-electron chi connectivity index (χ3n) is 6.11. The monoisotopic (exact) mass is 518 g/mol. The molecule has 7 heteroatoms. The topological polar surface area (TPSA) is 53.3 Å². The van der Waals surface area contributed by atoms with Gasteiger partial charge in [-0.15, -0.1) is 0 Å². The Labute approximate surface area is 206 Å². The molecule has 0 bridgehead atoms. The number of aryl methyl sites for hydroxylation is 1. The molecule has 166 valence electrons. The predicted octanol–water partition coefficient (Wildman–Crippen LogP) is 6.13. The Morgan fingerprint density at radius 3 is 2.42 bits per heavy atom. The molecule has 2 aromatic heterocycles. The number of hydrogen-bond donors (Lipinski definition) is 2. The van der Waals surface area contributed by atoms with Crippen molar-refractivity contribution in [3.8, 4) is 11.4 Å². The van der Waals surface area contributed by atoms with Crippen LogP contribution in [0.4, 0.5) is 5.69 Å². The van der Waals surface area contributed by atoms with Crippen LogP contribution >= 0.6 is 28.1 Å². The normalized spacial score (nSPS) is 17.9. The number of nitrogens with one attached hydrogen (secondary N) is 1. The molecule has 0 radical (unpaired) electrons. The van der Waals surface area contributed by atoms with E-state index in [4.69, 9.17) is 12.2 Å². The summed E-state index contributed by atoms with van der Waals surface area (Å²) in [4.78, 5) is 6.64. The average molecular weight is 519 g/mol. The van der Waals surface area contributed by atoms with Crippen LogP contribution in [0.25, 0.3) is 5.69 Å². The van der Waals surface area contributed by atoms with Gasteiger partial charge in [-0.2, -0.15) is 0 Å². The highest BCUT2D eigenvalue weighted by atomic mass is 79.9. The largest absolute Gasteiger partial charge is 0.506 e. The van der Waals surface area contributed by atoms with E-state index in [1.807, 2.05) is 53.4 Å². The fourth-order valence-corrected chi connectivity index (χ4v) is 5.28. The van der Waals surface area contributed by atoms with Gasteiger partial charge in [0.25, 0.3) is 0 Å². The van der Waals surface area contributed by atoms with Crippen LogP contribution in [0.5, 0.6) is 5.75 Å². The molecule has 33 heavy (non-hydrogen) atoms. The summed E-state index contributed by atoms with van der Waals surface area (Å²) in [6.45, 7) is 4.24. The molecule has 4 aromatic rings. The van der Waals surface area contributed by atoms with Crippen molar-refractivity contribution in [3.63, 3.8) is 0 Å². The van der Waals surface area contributed by atoms with Crippen molar-refractivity contribution in [3.05, 3.63) is 106 Å². The number of anilines is 1. The Bertz CT molecular complexity index is 1320. The zero-order valence-electron chi connectivity index (χ0n) is 18.2. The molecule has 2 atom stereocenters. The summed E-state index contributed by atoms with van der Waals surface area (Å²) in [5, 5.41) is 14.7. The number of aromatic hydroxyl groups is 1. The third-order valence-corrected chi connectivity index (χ3v) is 6.96. The first-order chi connectivity index (χ1) is 16.0. The molecular weight excluding hydrogens is 496 g/mol. The SMILES string of the molecule is Cc1cc([C@@H]2[C@H](c3ccccn3)NC(=S)N2c2ccccc2O)c(C)n1-c1ccc(Br)cc1. The second-order valence-corrected chi connectivity index (χ2v) is 9.43. The molecule has 2 aromatic carbocycles. The van der Waals surface area contributed by atoms with Crippen molar-refractivity contribution in [1.82, 2.24) is 14.9 Å². The number of phenolic OH excluding ortho intramolecular Hbond substituents is 1. The molecule has 0 unspecified atom stereocenters. The van der Waals surface area contributed by atoms with Crippen LogP contribution in [0.1, 0.15) is 34.7 Å². The van der Waals surface area contributed by atoms with Gasteiger partial charge in [-0.3, -0.25) is 4.98 Å². The summed E-state index contributed by atoms with van der Waals surface area (Å²) in [5.41, 5.74) is 6.04. The molecule has 0 saturated carbocycles. The summed E-state index contributed by atoms with van der Waals surface area (Å²) in [6, 6.07) is 23.4. The van der Waals surface area contributed by atoms with Gasteiger partial charge in [-0.1, -0.05) is 34.1 Å². The van der Waals surface area contributed by atoms with Crippen molar-refractivity contribution in [2.24, 2.45) is 0 Å². The molecule has 1 fully saturated rings. The smallest absolute Gasteiger partial charge is 0.174 e. The highest BCUT2D eigenvalue weighted by Gasteiger charge is 2.43. The minimum atomic E-state index is -0.184. The van der Waals surface area contributed by atoms with Crippen LogP contribution in [-0.2, 0) is 0 Å². The molecular formula is C26H23BrN4OS. The summed E-state index contributed by atoms with van der Waals surface area (Å²) >= 11 is 9.32. The van der Waals surface area contributed by atoms with E-state index in [1.54, 1.807) is 12.3 Å². The third kappa shape index (κ3) is 3.81. The zero-order chi connectivity index (χ0) is 23.1. The van der Waals surface area contributed by atoms with Gasteiger partial charge in [-0.05, 0) is 86.2 Å². The molecule has 5 nitrogen and oxygen atoms in total. The van der Waals surface area contributed by atoms with Gasteiger partial charge < -0.3 is 19.9 Å². The van der Waals surface area contributed by atoms with Crippen molar-refractivity contribution < 1.29 is 5.11 Å². The lowest BCUT2D eigenvalue weighted by atomic mass is 9.96. The molecule has 3 heterocycles. The number of hydrogen-bond acceptors (Lipinski definition) is 3. The zero-order valence-corrected chi connectivity index (χ0v) is 20.6. The van der Waals surface area contributed by atoms with Gasteiger partial charge in [0.2, 0.25) is 0 Å². The second kappa shape index (κ2) is 8.65. The Kier molecular flexibility index (Phi) is 5.68. The van der Waals surface area contributed by atoms with E-state index in [2.05, 4.69) is 62.8 Å². The lowest BCUT2D eigenvalue weighted by Gasteiger charge is -2.28. The van der Waals surface area contributed by atoms with Gasteiger partial charge in [-0.25, -0.2) is 0 Å². The molecule has 0 spiro atoms. The van der Waals surface area contributed by atoms with Crippen LogP contribution in [-0.4, -0.2) is 19.8 Å². The lowest BCUT2D eigenvalue weighted by Crippen LogP contribution is -2.29. The average Bonchev–Trinajstić information content (AvgIpc) is 3.31. The van der Waals surface area contributed by atoms with E-state index in [0.717, 1.165) is 32.8 Å². The maximum absolute atomic E-state index is 10.7. The Balaban J connectivity index is 1.69. The number of halogens is 1. The summed E-state index contributed by atoms with van der Waals surface area (Å²) in [5.74, 6) is 0.190. The molecule has 0 aliphatic carbocycles. The summed E-state index contributed by atoms with van der Waals surface area (Å²) in [7, 11) is 0. The van der Waals surface area contributed by atoms with E-state index in [1.165, 1.54) is 0 Å². The van der Waals surface area contributed by atoms with E-state index in [9.17, 15) is 5.11 Å². The van der Waals surface area contributed by atoms with E-state index >= 15 is 0 Å². The van der Waals surface area contributed by atoms with Gasteiger partial charge in [0.1, 0.15) is 5.75 Å². The molecule has 2 N–H and O–H groups in total. The van der Waals surface area contributed by atoms with E-state index < -0.39 is 0 Å². The van der Waals surface area contributed by atoms with Crippen molar-refractivity contribution in [2.45, 2.75) is 25.9 Å². The maximum Gasteiger partial charge on any atom is 0.174 e. The van der Waals surface area contributed by atoms with Crippen LogP contribution < -0.4 is 10.2 Å². The maximum atomic E-state index is 10.7.